The van der Waals surface area contributed by atoms with Crippen molar-refractivity contribution < 1.29 is 29.0 Å². The van der Waals surface area contributed by atoms with Gasteiger partial charge in [-0.1, -0.05) is 25.0 Å². The van der Waals surface area contributed by atoms with E-state index in [0.29, 0.717) is 31.3 Å². The molecule has 13 nitrogen and oxygen atoms in total. The molecule has 5 heterocycles. The zero-order chi connectivity index (χ0) is 34.8. The van der Waals surface area contributed by atoms with E-state index >= 15 is 0 Å². The first-order chi connectivity index (χ1) is 24.3. The van der Waals surface area contributed by atoms with E-state index in [-0.39, 0.29) is 53.0 Å². The molecule has 2 saturated carbocycles. The summed E-state index contributed by atoms with van der Waals surface area (Å²) in [6, 6.07) is -1.55. The number of carbonyl (C=O) groups is 4. The molecule has 7 rings (SSSR count). The molecule has 0 aromatic rings. The fourth-order valence-corrected chi connectivity index (χ4v) is 11.4. The van der Waals surface area contributed by atoms with Crippen molar-refractivity contribution in [2.45, 2.75) is 136 Å². The maximum atomic E-state index is 14.6. The lowest BCUT2D eigenvalue weighted by Gasteiger charge is -2.35. The number of nitrogens with zero attached hydrogens (tertiary/aromatic N) is 2. The molecule has 0 aromatic carbocycles. The van der Waals surface area contributed by atoms with Crippen LogP contribution in [-0.4, -0.2) is 123 Å². The van der Waals surface area contributed by atoms with Gasteiger partial charge in [0, 0.05) is 37.9 Å². The van der Waals surface area contributed by atoms with Gasteiger partial charge in [0.25, 0.3) is 0 Å². The first-order valence-corrected chi connectivity index (χ1v) is 21.0. The highest BCUT2D eigenvalue weighted by atomic mass is 32.2. The van der Waals surface area contributed by atoms with E-state index in [9.17, 15) is 24.3 Å². The molecular formula is C35H55N7O6S2. The van der Waals surface area contributed by atoms with Crippen LogP contribution in [0.15, 0.2) is 12.2 Å². The zero-order valence-corrected chi connectivity index (χ0v) is 30.8. The van der Waals surface area contributed by atoms with Crippen LogP contribution in [0.3, 0.4) is 0 Å². The van der Waals surface area contributed by atoms with Gasteiger partial charge in [-0.25, -0.2) is 15.6 Å². The van der Waals surface area contributed by atoms with Crippen molar-refractivity contribution in [2.24, 2.45) is 11.8 Å². The summed E-state index contributed by atoms with van der Waals surface area (Å²) in [6.07, 6.45) is 14.8. The molecule has 4 saturated heterocycles. The van der Waals surface area contributed by atoms with E-state index in [1.165, 1.54) is 0 Å². The van der Waals surface area contributed by atoms with Gasteiger partial charge in [0.2, 0.25) is 17.7 Å². The van der Waals surface area contributed by atoms with E-state index in [1.807, 2.05) is 29.0 Å². The predicted molar refractivity (Wildman–Crippen MR) is 193 cm³/mol. The topological polar surface area (TPSA) is 164 Å². The molecule has 7 aliphatic rings. The summed E-state index contributed by atoms with van der Waals surface area (Å²) in [7, 11) is 1.79. The number of allylic oxidation sites excluding steroid dienone is 1. The third-order valence-electron chi connectivity index (χ3n) is 12.1. The molecule has 0 aromatic heterocycles. The molecule has 2 aliphatic carbocycles. The minimum absolute atomic E-state index is 0.104. The second kappa shape index (κ2) is 16.0. The van der Waals surface area contributed by atoms with Crippen LogP contribution in [0.1, 0.15) is 83.5 Å². The molecule has 9 atom stereocenters. The van der Waals surface area contributed by atoms with Crippen molar-refractivity contribution in [3.8, 4) is 0 Å². The van der Waals surface area contributed by atoms with Gasteiger partial charge < -0.3 is 30.7 Å². The highest BCUT2D eigenvalue weighted by Crippen LogP contribution is 2.45. The van der Waals surface area contributed by atoms with Crippen LogP contribution in [0.2, 0.25) is 0 Å². The maximum Gasteiger partial charge on any atom is 0.330 e. The lowest BCUT2D eigenvalue weighted by molar-refractivity contribution is -0.146. The highest BCUT2D eigenvalue weighted by Gasteiger charge is 2.61. The normalized spacial score (nSPS) is 42.2. The Bertz CT molecular complexity index is 1290. The van der Waals surface area contributed by atoms with E-state index < -0.39 is 29.5 Å². The number of hydrazine groups is 2. The number of hydrogen-bond donors (Lipinski definition) is 6. The summed E-state index contributed by atoms with van der Waals surface area (Å²) < 4.78 is 5.67. The van der Waals surface area contributed by atoms with Crippen LogP contribution in [0.5, 0.6) is 0 Å². The Morgan fingerprint density at radius 3 is 2.54 bits per heavy atom. The number of methoxy groups -OCH3 is 1. The van der Waals surface area contributed by atoms with Crippen molar-refractivity contribution >= 4 is 47.2 Å². The molecule has 278 valence electrons. The van der Waals surface area contributed by atoms with Crippen LogP contribution in [0, 0.1) is 11.8 Å². The molecule has 50 heavy (non-hydrogen) atoms. The number of carboxylic acids is 1. The predicted octanol–water partition coefficient (Wildman–Crippen LogP) is 1.75. The van der Waals surface area contributed by atoms with Crippen LogP contribution in [-0.2, 0) is 23.9 Å². The smallest absolute Gasteiger partial charge is 0.330 e. The first kappa shape index (κ1) is 36.5. The second-order valence-corrected chi connectivity index (χ2v) is 17.9. The van der Waals surface area contributed by atoms with Gasteiger partial charge in [0.05, 0.1) is 28.8 Å². The monoisotopic (exact) mass is 733 g/mol. The lowest BCUT2D eigenvalue weighted by atomic mass is 9.80. The summed E-state index contributed by atoms with van der Waals surface area (Å²) >= 11 is 3.56. The number of amides is 3. The van der Waals surface area contributed by atoms with Gasteiger partial charge in [-0.15, -0.1) is 23.5 Å². The molecule has 6 fully saturated rings. The van der Waals surface area contributed by atoms with E-state index in [1.54, 1.807) is 23.8 Å². The van der Waals surface area contributed by atoms with Gasteiger partial charge in [-0.2, -0.15) is 5.12 Å². The molecule has 15 heteroatoms. The zero-order valence-electron chi connectivity index (χ0n) is 29.1. The van der Waals surface area contributed by atoms with Crippen molar-refractivity contribution in [1.29, 1.82) is 0 Å². The van der Waals surface area contributed by atoms with E-state index in [2.05, 4.69) is 26.8 Å². The fourth-order valence-electron chi connectivity index (χ4n) is 9.06. The van der Waals surface area contributed by atoms with Crippen molar-refractivity contribution in [3.05, 3.63) is 12.2 Å². The highest BCUT2D eigenvalue weighted by molar-refractivity contribution is 8.00. The average Bonchev–Trinajstić information content (AvgIpc) is 3.77. The van der Waals surface area contributed by atoms with Crippen molar-refractivity contribution in [2.75, 3.05) is 31.7 Å². The van der Waals surface area contributed by atoms with Gasteiger partial charge >= 0.3 is 5.97 Å². The van der Waals surface area contributed by atoms with E-state index in [4.69, 9.17) is 4.74 Å². The van der Waals surface area contributed by atoms with Gasteiger partial charge in [-0.3, -0.25) is 14.4 Å². The standard InChI is InChI=1S/C35H55N7O6S2/c1-48-24-13-11-21(12-14-24)28-29(32-36-15-17-50-32)40-42(39-28)23-18-26-30(43)38-35(34(46)47)19-22(35)8-5-3-2-4-6-9-25(33(45)41(26)20-23)37-31(44)27-10-7-16-49-27/h5,8,21-29,32,36,39-40H,2-4,6-7,9-20H2,1H3,(H,37,44)(H,38,43)(H,46,47)/b8-5-/t21?,22-,23-,24?,25+,26+,27?,28?,29?,32?,35-/m1/s1. The number of thioether (sulfide) groups is 2. The summed E-state index contributed by atoms with van der Waals surface area (Å²) in [5.74, 6) is 0.310. The molecule has 5 aliphatic heterocycles. The third kappa shape index (κ3) is 7.74. The summed E-state index contributed by atoms with van der Waals surface area (Å²) in [5.41, 5.74) is 6.22. The molecular weight excluding hydrogens is 679 g/mol. The Hall–Kier alpha value is -1.88. The fraction of sp³-hybridized carbons (Fsp3) is 0.829. The Balaban J connectivity index is 1.14. The average molecular weight is 734 g/mol. The van der Waals surface area contributed by atoms with Crippen LogP contribution >= 0.6 is 23.5 Å². The Labute approximate surface area is 303 Å². The molecule has 0 radical (unpaired) electrons. The van der Waals surface area contributed by atoms with Crippen LogP contribution < -0.4 is 26.8 Å². The summed E-state index contributed by atoms with van der Waals surface area (Å²) in [6.45, 7) is 1.24. The van der Waals surface area contributed by atoms with Gasteiger partial charge in [0.1, 0.15) is 17.6 Å². The number of aliphatic carboxylic acids is 1. The number of carbonyl (C=O) groups excluding carboxylic acids is 3. The van der Waals surface area contributed by atoms with Gasteiger partial charge in [0.15, 0.2) is 0 Å². The van der Waals surface area contributed by atoms with Crippen molar-refractivity contribution in [3.63, 3.8) is 0 Å². The third-order valence-corrected chi connectivity index (χ3v) is 14.8. The summed E-state index contributed by atoms with van der Waals surface area (Å²) in [4.78, 5) is 56.3. The Morgan fingerprint density at radius 1 is 1.00 bits per heavy atom. The van der Waals surface area contributed by atoms with Crippen molar-refractivity contribution in [1.82, 2.24) is 36.8 Å². The number of rotatable bonds is 7. The number of ether oxygens (including phenoxy) is 1. The van der Waals surface area contributed by atoms with E-state index in [0.717, 1.165) is 82.3 Å². The quantitative estimate of drug-likeness (QED) is 0.211. The van der Waals surface area contributed by atoms with Crippen LogP contribution in [0.25, 0.3) is 0 Å². The summed E-state index contributed by atoms with van der Waals surface area (Å²) in [5, 5.41) is 22.1. The number of hydrogen-bond acceptors (Lipinski definition) is 11. The molecule has 6 N–H and O–H groups in total. The molecule has 0 spiro atoms. The second-order valence-electron chi connectivity index (χ2n) is 15.3. The van der Waals surface area contributed by atoms with Gasteiger partial charge in [-0.05, 0) is 82.3 Å². The lowest BCUT2D eigenvalue weighted by Crippen LogP contribution is -2.57. The Morgan fingerprint density at radius 2 is 1.82 bits per heavy atom. The first-order valence-electron chi connectivity index (χ1n) is 18.9. The SMILES string of the molecule is COC1CCC(C2NN([C@@H]3C[C@H]4C(=O)N[C@]5(C(=O)O)C[C@H]5/C=C\CCCCC[C@H](NC(=O)C5CCCS5)C(=O)N4C3)NC2C2NCCS2)CC1. The Kier molecular flexibility index (Phi) is 11.7. The molecule has 0 bridgehead atoms. The van der Waals surface area contributed by atoms with Crippen LogP contribution in [0.4, 0.5) is 0 Å². The minimum atomic E-state index is -1.36. The number of fused-ring (bicyclic) bond motifs is 2. The maximum absolute atomic E-state index is 14.6. The number of nitrogens with one attached hydrogen (secondary N) is 5. The largest absolute Gasteiger partial charge is 0.479 e. The minimum Gasteiger partial charge on any atom is -0.479 e. The molecule has 3 amide bonds. The number of carboxylic acid groups (broad SMARTS) is 1. The molecule has 4 unspecified atom stereocenters.